The average Bonchev–Trinajstić information content (AvgIpc) is 3.33. The number of carbonyl (C=O) groups excluding carboxylic acids is 1. The molecule has 2 aromatic carbocycles. The summed E-state index contributed by atoms with van der Waals surface area (Å²) >= 11 is 1.57. The Morgan fingerprint density at radius 3 is 2.48 bits per heavy atom. The van der Waals surface area contributed by atoms with E-state index in [1.54, 1.807) is 11.8 Å². The van der Waals surface area contributed by atoms with Crippen molar-refractivity contribution in [1.82, 2.24) is 5.32 Å². The van der Waals surface area contributed by atoms with Crippen LogP contribution in [0.2, 0.25) is 0 Å². The Labute approximate surface area is 150 Å². The molecule has 1 N–H and O–H groups in total. The molecule has 126 valence electrons. The minimum Gasteiger partial charge on any atom is -0.300 e. The van der Waals surface area contributed by atoms with Gasteiger partial charge in [-0.25, -0.2) is 0 Å². The van der Waals surface area contributed by atoms with Gasteiger partial charge in [-0.3, -0.25) is 14.8 Å². The van der Waals surface area contributed by atoms with E-state index in [2.05, 4.69) is 27.5 Å². The van der Waals surface area contributed by atoms with Crippen LogP contribution in [0.5, 0.6) is 0 Å². The molecule has 1 unspecified atom stereocenters. The van der Waals surface area contributed by atoms with Gasteiger partial charge in [-0.1, -0.05) is 60.3 Å². The maximum atomic E-state index is 12.6. The van der Waals surface area contributed by atoms with Crippen LogP contribution in [0.1, 0.15) is 18.0 Å². The highest BCUT2D eigenvalue weighted by molar-refractivity contribution is 8.14. The molecule has 2 heterocycles. The maximum absolute atomic E-state index is 12.6. The lowest BCUT2D eigenvalue weighted by atomic mass is 10.0. The molecule has 4 rings (SSSR count). The van der Waals surface area contributed by atoms with Crippen molar-refractivity contribution in [3.8, 4) is 0 Å². The van der Waals surface area contributed by atoms with Crippen LogP contribution in [0.15, 0.2) is 70.8 Å². The number of amides is 1. The molecule has 2 aliphatic rings. The minimum atomic E-state index is -0.160. The molecule has 0 spiro atoms. The molecule has 1 amide bonds. The molecule has 2 aromatic rings. The number of nitrogens with zero attached hydrogens (tertiary/aromatic N) is 3. The molecule has 2 aliphatic heterocycles. The van der Waals surface area contributed by atoms with Gasteiger partial charge in [-0.2, -0.15) is 5.10 Å². The quantitative estimate of drug-likeness (QED) is 0.925. The maximum Gasteiger partial charge on any atom is 0.273 e. The molecule has 0 aliphatic carbocycles. The van der Waals surface area contributed by atoms with Crippen LogP contribution in [0.3, 0.4) is 0 Å². The molecule has 5 nitrogen and oxygen atoms in total. The number of para-hydroxylation sites is 1. The molecule has 0 saturated heterocycles. The summed E-state index contributed by atoms with van der Waals surface area (Å²) in [5, 5.41) is 10.1. The lowest BCUT2D eigenvalue weighted by molar-refractivity contribution is -0.113. The van der Waals surface area contributed by atoms with Crippen molar-refractivity contribution in [2.75, 3.05) is 17.3 Å². The lowest BCUT2D eigenvalue weighted by Gasteiger charge is -2.23. The minimum absolute atomic E-state index is 0.0162. The Morgan fingerprint density at radius 1 is 1.08 bits per heavy atom. The molecule has 25 heavy (non-hydrogen) atoms. The van der Waals surface area contributed by atoms with Gasteiger partial charge in [0.2, 0.25) is 0 Å². The molecular weight excluding hydrogens is 332 g/mol. The number of nitrogens with one attached hydrogen (secondary N) is 1. The summed E-state index contributed by atoms with van der Waals surface area (Å²) < 4.78 is 0. The smallest absolute Gasteiger partial charge is 0.273 e. The number of aliphatic imine (C=N–C) groups is 1. The van der Waals surface area contributed by atoms with Crippen LogP contribution in [-0.2, 0) is 4.79 Å². The number of carbonyl (C=O) groups is 1. The molecule has 0 aromatic heterocycles. The monoisotopic (exact) mass is 350 g/mol. The van der Waals surface area contributed by atoms with Crippen LogP contribution < -0.4 is 10.3 Å². The number of anilines is 1. The zero-order valence-corrected chi connectivity index (χ0v) is 14.4. The van der Waals surface area contributed by atoms with Crippen molar-refractivity contribution in [3.63, 3.8) is 0 Å². The van der Waals surface area contributed by atoms with Crippen molar-refractivity contribution in [3.05, 3.63) is 66.2 Å². The number of thioether (sulfide) groups is 1. The van der Waals surface area contributed by atoms with Crippen LogP contribution in [0.4, 0.5) is 5.69 Å². The number of amidine groups is 1. The zero-order valence-electron chi connectivity index (χ0n) is 13.6. The van der Waals surface area contributed by atoms with Crippen molar-refractivity contribution < 1.29 is 4.79 Å². The van der Waals surface area contributed by atoms with Gasteiger partial charge in [0, 0.05) is 12.2 Å². The summed E-state index contributed by atoms with van der Waals surface area (Å²) in [4.78, 5) is 16.9. The van der Waals surface area contributed by atoms with Crippen LogP contribution in [0, 0.1) is 0 Å². The zero-order chi connectivity index (χ0) is 17.1. The van der Waals surface area contributed by atoms with Crippen molar-refractivity contribution >= 4 is 34.2 Å². The average molecular weight is 350 g/mol. The van der Waals surface area contributed by atoms with Gasteiger partial charge in [0.25, 0.3) is 5.91 Å². The number of benzene rings is 2. The molecule has 0 radical (unpaired) electrons. The van der Waals surface area contributed by atoms with Gasteiger partial charge in [-0.05, 0) is 17.7 Å². The Bertz CT molecular complexity index is 820. The van der Waals surface area contributed by atoms with Crippen molar-refractivity contribution in [1.29, 1.82) is 0 Å². The van der Waals surface area contributed by atoms with Gasteiger partial charge in [0.1, 0.15) is 5.71 Å². The molecule has 0 fully saturated rings. The number of hydrogen-bond donors (Lipinski definition) is 1. The first kappa shape index (κ1) is 15.9. The van der Waals surface area contributed by atoms with E-state index >= 15 is 0 Å². The summed E-state index contributed by atoms with van der Waals surface area (Å²) in [6, 6.07) is 20.2. The Balaban J connectivity index is 1.61. The third-order valence-electron chi connectivity index (χ3n) is 4.18. The van der Waals surface area contributed by atoms with Crippen LogP contribution in [0.25, 0.3) is 0 Å². The highest BCUT2D eigenvalue weighted by atomic mass is 32.2. The lowest BCUT2D eigenvalue weighted by Crippen LogP contribution is -2.33. The van der Waals surface area contributed by atoms with Gasteiger partial charge in [0.15, 0.2) is 5.17 Å². The second-order valence-electron chi connectivity index (χ2n) is 5.85. The largest absolute Gasteiger partial charge is 0.300 e. The Morgan fingerprint density at radius 2 is 1.80 bits per heavy atom. The molecule has 0 saturated carbocycles. The van der Waals surface area contributed by atoms with E-state index in [4.69, 9.17) is 0 Å². The van der Waals surface area contributed by atoms with Gasteiger partial charge >= 0.3 is 0 Å². The van der Waals surface area contributed by atoms with E-state index in [0.29, 0.717) is 17.3 Å². The van der Waals surface area contributed by atoms with E-state index in [9.17, 15) is 4.79 Å². The second kappa shape index (κ2) is 7.11. The van der Waals surface area contributed by atoms with Crippen LogP contribution in [-0.4, -0.2) is 29.1 Å². The second-order valence-corrected chi connectivity index (χ2v) is 6.93. The molecule has 1 atom stereocenters. The summed E-state index contributed by atoms with van der Waals surface area (Å²) in [5.41, 5.74) is 2.66. The fourth-order valence-electron chi connectivity index (χ4n) is 2.98. The summed E-state index contributed by atoms with van der Waals surface area (Å²) in [7, 11) is 0. The van der Waals surface area contributed by atoms with Gasteiger partial charge in [-0.15, -0.1) is 0 Å². The molecular formula is C19H18N4OS. The SMILES string of the molecule is O=C(NC1=NCCS1)C1=NN(c2ccccc2)C(c2ccccc2)C1. The predicted molar refractivity (Wildman–Crippen MR) is 103 cm³/mol. The van der Waals surface area contributed by atoms with E-state index < -0.39 is 0 Å². The third-order valence-corrected chi connectivity index (χ3v) is 5.07. The third kappa shape index (κ3) is 3.44. The molecule has 6 heteroatoms. The van der Waals surface area contributed by atoms with Crippen molar-refractivity contribution in [2.45, 2.75) is 12.5 Å². The predicted octanol–water partition coefficient (Wildman–Crippen LogP) is 3.21. The summed E-state index contributed by atoms with van der Waals surface area (Å²) in [6.45, 7) is 0.759. The van der Waals surface area contributed by atoms with E-state index in [-0.39, 0.29) is 11.9 Å². The number of rotatable bonds is 3. The number of hydrogen-bond acceptors (Lipinski definition) is 5. The molecule has 0 bridgehead atoms. The normalized spacial score (nSPS) is 19.5. The highest BCUT2D eigenvalue weighted by Crippen LogP contribution is 2.35. The summed E-state index contributed by atoms with van der Waals surface area (Å²) in [6.07, 6.45) is 0.572. The van der Waals surface area contributed by atoms with E-state index in [1.807, 2.05) is 53.5 Å². The first-order valence-corrected chi connectivity index (χ1v) is 9.25. The van der Waals surface area contributed by atoms with Gasteiger partial charge in [0.05, 0.1) is 18.3 Å². The Hall–Kier alpha value is -2.60. The Kier molecular flexibility index (Phi) is 4.52. The standard InChI is InChI=1S/C19H18N4OS/c24-18(21-19-20-11-12-25-19)16-13-17(14-7-3-1-4-8-14)23(22-16)15-9-5-2-6-10-15/h1-10,17H,11-13H2,(H,20,21,24). The first-order chi connectivity index (χ1) is 12.3. The fraction of sp³-hybridized carbons (Fsp3) is 0.211. The van der Waals surface area contributed by atoms with E-state index in [1.165, 1.54) is 0 Å². The summed E-state index contributed by atoms with van der Waals surface area (Å²) in [5.74, 6) is 0.762. The van der Waals surface area contributed by atoms with Crippen molar-refractivity contribution in [2.24, 2.45) is 10.1 Å². The van der Waals surface area contributed by atoms with Gasteiger partial charge < -0.3 is 5.32 Å². The first-order valence-electron chi connectivity index (χ1n) is 8.26. The number of hydrazone groups is 1. The van der Waals surface area contributed by atoms with Crippen LogP contribution >= 0.6 is 11.8 Å². The highest BCUT2D eigenvalue weighted by Gasteiger charge is 2.32. The van der Waals surface area contributed by atoms with E-state index in [0.717, 1.165) is 23.5 Å². The topological polar surface area (TPSA) is 57.1 Å². The fourth-order valence-corrected chi connectivity index (χ4v) is 3.70.